The van der Waals surface area contributed by atoms with Crippen molar-refractivity contribution in [3.8, 4) is 11.5 Å². The van der Waals surface area contributed by atoms with Gasteiger partial charge in [0.25, 0.3) is 0 Å². The minimum absolute atomic E-state index is 0.568. The molecule has 2 heteroatoms. The van der Waals surface area contributed by atoms with Crippen molar-refractivity contribution in [2.75, 3.05) is 0 Å². The summed E-state index contributed by atoms with van der Waals surface area (Å²) in [7, 11) is 0. The van der Waals surface area contributed by atoms with E-state index in [4.69, 9.17) is 9.47 Å². The fraction of sp³-hybridized carbons (Fsp3) is 0.100. The van der Waals surface area contributed by atoms with Gasteiger partial charge in [0.1, 0.15) is 13.2 Å². The van der Waals surface area contributed by atoms with E-state index in [9.17, 15) is 0 Å². The molecule has 0 amide bonds. The van der Waals surface area contributed by atoms with Gasteiger partial charge in [-0.3, -0.25) is 0 Å². The van der Waals surface area contributed by atoms with Gasteiger partial charge in [-0.15, -0.1) is 0 Å². The van der Waals surface area contributed by atoms with E-state index in [0.717, 1.165) is 22.6 Å². The number of rotatable bonds is 6. The first kappa shape index (κ1) is 13.0. The molecule has 0 saturated carbocycles. The first-order chi connectivity index (χ1) is 10.9. The van der Waals surface area contributed by atoms with E-state index in [0.29, 0.717) is 13.2 Å². The first-order valence-electron chi connectivity index (χ1n) is 7.42. The van der Waals surface area contributed by atoms with Crippen molar-refractivity contribution >= 4 is 0 Å². The normalized spacial score (nSPS) is 11.1. The van der Waals surface area contributed by atoms with E-state index in [1.807, 2.05) is 36.4 Å². The molecule has 2 aliphatic rings. The standard InChI is InChI=1S/C20H16O2/c1-3-7-15(8-4-1)13-21-19-17-11-12-18(17)20(19)22-14-16-9-5-2-6-10-16/h1-12H,13-14H2. The van der Waals surface area contributed by atoms with Gasteiger partial charge in [-0.25, -0.2) is 0 Å². The van der Waals surface area contributed by atoms with Crippen LogP contribution in [-0.2, 0) is 13.2 Å². The highest BCUT2D eigenvalue weighted by Crippen LogP contribution is 2.40. The highest BCUT2D eigenvalue weighted by Gasteiger charge is 2.19. The maximum atomic E-state index is 5.94. The van der Waals surface area contributed by atoms with Crippen LogP contribution in [0.1, 0.15) is 11.1 Å². The van der Waals surface area contributed by atoms with Crippen molar-refractivity contribution in [3.63, 3.8) is 0 Å². The van der Waals surface area contributed by atoms with Gasteiger partial charge in [-0.1, -0.05) is 60.7 Å². The molecule has 0 bridgehead atoms. The quantitative estimate of drug-likeness (QED) is 0.522. The molecule has 0 atom stereocenters. The summed E-state index contributed by atoms with van der Waals surface area (Å²) in [6, 6.07) is 24.5. The fourth-order valence-corrected chi connectivity index (χ4v) is 2.57. The molecule has 2 aromatic carbocycles. The zero-order valence-corrected chi connectivity index (χ0v) is 12.2. The molecule has 4 rings (SSSR count). The highest BCUT2D eigenvalue weighted by atomic mass is 16.5. The molecular weight excluding hydrogens is 272 g/mol. The summed E-state index contributed by atoms with van der Waals surface area (Å²) in [6.45, 7) is 1.14. The Morgan fingerprint density at radius 3 is 1.27 bits per heavy atom. The lowest BCUT2D eigenvalue weighted by Crippen LogP contribution is -2.07. The molecule has 2 aliphatic carbocycles. The van der Waals surface area contributed by atoms with E-state index in [1.165, 1.54) is 10.4 Å². The number of hydrogen-bond acceptors (Lipinski definition) is 2. The second kappa shape index (κ2) is 5.57. The van der Waals surface area contributed by atoms with E-state index in [1.54, 1.807) is 0 Å². The molecule has 0 heterocycles. The lowest BCUT2D eigenvalue weighted by Gasteiger charge is -2.20. The number of ether oxygens (including phenoxy) is 2. The van der Waals surface area contributed by atoms with Gasteiger partial charge in [0.05, 0.1) is 0 Å². The van der Waals surface area contributed by atoms with Crippen LogP contribution >= 0.6 is 0 Å². The van der Waals surface area contributed by atoms with Crippen molar-refractivity contribution in [2.24, 2.45) is 0 Å². The van der Waals surface area contributed by atoms with Gasteiger partial charge < -0.3 is 9.47 Å². The van der Waals surface area contributed by atoms with Crippen molar-refractivity contribution in [3.05, 3.63) is 94.4 Å². The summed E-state index contributed by atoms with van der Waals surface area (Å²) in [5, 5.41) is 2.36. The Labute approximate surface area is 129 Å². The Kier molecular flexibility index (Phi) is 3.28. The van der Waals surface area contributed by atoms with E-state index < -0.39 is 0 Å². The molecular formula is C20H16O2. The molecule has 0 aliphatic heterocycles. The summed E-state index contributed by atoms with van der Waals surface area (Å²) >= 11 is 0. The van der Waals surface area contributed by atoms with Crippen molar-refractivity contribution in [2.45, 2.75) is 13.2 Å². The highest BCUT2D eigenvalue weighted by molar-refractivity contribution is 5.54. The van der Waals surface area contributed by atoms with Gasteiger partial charge in [-0.2, -0.15) is 0 Å². The van der Waals surface area contributed by atoms with Crippen LogP contribution in [0.25, 0.3) is 0 Å². The minimum Gasteiger partial charge on any atom is -0.484 e. The second-order valence-corrected chi connectivity index (χ2v) is 5.37. The van der Waals surface area contributed by atoms with Gasteiger partial charge >= 0.3 is 0 Å². The van der Waals surface area contributed by atoms with Crippen LogP contribution in [0.2, 0.25) is 0 Å². The average molecular weight is 288 g/mol. The van der Waals surface area contributed by atoms with Crippen LogP contribution in [0.4, 0.5) is 0 Å². The number of hydrogen-bond donors (Lipinski definition) is 0. The molecule has 108 valence electrons. The van der Waals surface area contributed by atoms with Crippen LogP contribution < -0.4 is 9.47 Å². The Bertz CT molecular complexity index is 796. The van der Waals surface area contributed by atoms with Gasteiger partial charge in [-0.05, 0) is 23.3 Å². The van der Waals surface area contributed by atoms with Gasteiger partial charge in [0, 0.05) is 10.4 Å². The van der Waals surface area contributed by atoms with Gasteiger partial charge in [0.15, 0.2) is 11.5 Å². The summed E-state index contributed by atoms with van der Waals surface area (Å²) < 4.78 is 11.9. The zero-order chi connectivity index (χ0) is 14.8. The molecule has 0 N–H and O–H groups in total. The maximum absolute atomic E-state index is 5.94. The topological polar surface area (TPSA) is 18.5 Å². The summed E-state index contributed by atoms with van der Waals surface area (Å²) in [6.07, 6.45) is 0. The van der Waals surface area contributed by atoms with Crippen molar-refractivity contribution in [1.82, 2.24) is 0 Å². The molecule has 0 fully saturated rings. The molecule has 2 nitrogen and oxygen atoms in total. The lowest BCUT2D eigenvalue weighted by atomic mass is 10.0. The molecule has 0 radical (unpaired) electrons. The smallest absolute Gasteiger partial charge is 0.170 e. The monoisotopic (exact) mass is 288 g/mol. The van der Waals surface area contributed by atoms with E-state index in [2.05, 4.69) is 36.4 Å². The first-order valence-corrected chi connectivity index (χ1v) is 7.42. The molecule has 2 aromatic rings. The van der Waals surface area contributed by atoms with Crippen molar-refractivity contribution < 1.29 is 9.47 Å². The SMILES string of the molecule is c1ccc(COc2c(OCc3ccccc3)c3ccc2=3)cc1. The van der Waals surface area contributed by atoms with Crippen LogP contribution in [0.15, 0.2) is 72.8 Å². The average Bonchev–Trinajstić information content (AvgIpc) is 2.56. The number of benzene rings is 3. The summed E-state index contributed by atoms with van der Waals surface area (Å²) in [5.74, 6) is 1.77. The predicted octanol–water partition coefficient (Wildman–Crippen LogP) is 4.44. The summed E-state index contributed by atoms with van der Waals surface area (Å²) in [5.41, 5.74) is 2.32. The lowest BCUT2D eigenvalue weighted by molar-refractivity contribution is 0.246. The fourth-order valence-electron chi connectivity index (χ4n) is 2.57. The Balaban J connectivity index is 1.45. The molecule has 0 unspecified atom stereocenters. The maximum Gasteiger partial charge on any atom is 0.170 e. The Morgan fingerprint density at radius 1 is 0.500 bits per heavy atom. The van der Waals surface area contributed by atoms with E-state index in [-0.39, 0.29) is 0 Å². The minimum atomic E-state index is 0.568. The second-order valence-electron chi connectivity index (χ2n) is 5.37. The van der Waals surface area contributed by atoms with Crippen LogP contribution in [0, 0.1) is 10.4 Å². The molecule has 0 saturated heterocycles. The predicted molar refractivity (Wildman–Crippen MR) is 85.7 cm³/mol. The Morgan fingerprint density at radius 2 is 0.909 bits per heavy atom. The van der Waals surface area contributed by atoms with Gasteiger partial charge in [0.2, 0.25) is 0 Å². The zero-order valence-electron chi connectivity index (χ0n) is 12.2. The van der Waals surface area contributed by atoms with E-state index >= 15 is 0 Å². The van der Waals surface area contributed by atoms with Crippen LogP contribution in [-0.4, -0.2) is 0 Å². The van der Waals surface area contributed by atoms with Crippen LogP contribution in [0.3, 0.4) is 0 Å². The Hall–Kier alpha value is -2.74. The molecule has 22 heavy (non-hydrogen) atoms. The third-order valence-corrected chi connectivity index (χ3v) is 3.85. The van der Waals surface area contributed by atoms with Crippen LogP contribution in [0.5, 0.6) is 11.5 Å². The third-order valence-electron chi connectivity index (χ3n) is 3.85. The third kappa shape index (κ3) is 2.33. The largest absolute Gasteiger partial charge is 0.484 e. The molecule has 0 aromatic heterocycles. The molecule has 0 spiro atoms. The van der Waals surface area contributed by atoms with Crippen molar-refractivity contribution in [1.29, 1.82) is 0 Å². The summed E-state index contributed by atoms with van der Waals surface area (Å²) in [4.78, 5) is 0.